The number of nitrogens with one attached hydrogen (secondary N) is 2. The van der Waals surface area contributed by atoms with Gasteiger partial charge >= 0.3 is 0 Å². The van der Waals surface area contributed by atoms with Crippen LogP contribution < -0.4 is 15.4 Å². The topological polar surface area (TPSA) is 50.4 Å². The Morgan fingerprint density at radius 1 is 1.14 bits per heavy atom. The highest BCUT2D eigenvalue weighted by Gasteiger charge is 2.09. The molecule has 0 aromatic heterocycles. The fourth-order valence-corrected chi connectivity index (χ4v) is 2.28. The largest absolute Gasteiger partial charge is 0.495 e. The molecule has 0 aliphatic carbocycles. The molecule has 2 aromatic carbocycles. The number of hydrogen-bond acceptors (Lipinski definition) is 3. The van der Waals surface area contributed by atoms with Crippen LogP contribution in [0.5, 0.6) is 5.75 Å². The summed E-state index contributed by atoms with van der Waals surface area (Å²) in [6.45, 7) is 1.98. The van der Waals surface area contributed by atoms with E-state index in [4.69, 9.17) is 17.0 Å². The number of hydrogen-bond donors (Lipinski definition) is 2. The molecule has 2 aromatic rings. The minimum absolute atomic E-state index is 0.151. The highest BCUT2D eigenvalue weighted by molar-refractivity contribution is 7.80. The van der Waals surface area contributed by atoms with Gasteiger partial charge in [-0.2, -0.15) is 0 Å². The predicted octanol–water partition coefficient (Wildman–Crippen LogP) is 3.06. The van der Waals surface area contributed by atoms with Gasteiger partial charge in [0, 0.05) is 0 Å². The van der Waals surface area contributed by atoms with Crippen molar-refractivity contribution in [2.75, 3.05) is 12.4 Å². The summed E-state index contributed by atoms with van der Waals surface area (Å²) in [6.07, 6.45) is 0.292. The lowest BCUT2D eigenvalue weighted by Gasteiger charge is -2.13. The lowest BCUT2D eigenvalue weighted by molar-refractivity contribution is -0.119. The summed E-state index contributed by atoms with van der Waals surface area (Å²) >= 11 is 5.17. The Balaban J connectivity index is 1.94. The Labute approximate surface area is 135 Å². The van der Waals surface area contributed by atoms with Gasteiger partial charge in [-0.15, -0.1) is 0 Å². The van der Waals surface area contributed by atoms with Crippen molar-refractivity contribution in [1.29, 1.82) is 0 Å². The van der Waals surface area contributed by atoms with Gasteiger partial charge in [0.2, 0.25) is 5.91 Å². The second-order valence-corrected chi connectivity index (χ2v) is 5.21. The van der Waals surface area contributed by atoms with Crippen LogP contribution in [-0.4, -0.2) is 18.1 Å². The summed E-state index contributed by atoms with van der Waals surface area (Å²) in [5.41, 5.74) is 2.78. The monoisotopic (exact) mass is 314 g/mol. The van der Waals surface area contributed by atoms with Crippen LogP contribution in [0.4, 0.5) is 5.69 Å². The Bertz CT molecular complexity index is 686. The molecule has 1 amide bonds. The van der Waals surface area contributed by atoms with Gasteiger partial charge in [0.25, 0.3) is 0 Å². The second kappa shape index (κ2) is 7.56. The van der Waals surface area contributed by atoms with Crippen LogP contribution in [0.3, 0.4) is 0 Å². The van der Waals surface area contributed by atoms with Gasteiger partial charge in [-0.3, -0.25) is 4.79 Å². The summed E-state index contributed by atoms with van der Waals surface area (Å²) in [6, 6.07) is 15.2. The molecule has 0 aliphatic rings. The molecule has 114 valence electrons. The number of para-hydroxylation sites is 2. The fourth-order valence-electron chi connectivity index (χ4n) is 2.05. The molecule has 0 saturated heterocycles. The Morgan fingerprint density at radius 2 is 1.82 bits per heavy atom. The maximum Gasteiger partial charge on any atom is 0.230 e. The summed E-state index contributed by atoms with van der Waals surface area (Å²) < 4.78 is 5.23. The van der Waals surface area contributed by atoms with Crippen molar-refractivity contribution in [2.24, 2.45) is 0 Å². The van der Waals surface area contributed by atoms with Crippen molar-refractivity contribution in [3.8, 4) is 5.75 Å². The fraction of sp³-hybridized carbons (Fsp3) is 0.176. The number of aryl methyl sites for hydroxylation is 1. The SMILES string of the molecule is COc1ccccc1NC(=S)NC(=O)Cc1ccccc1C. The average Bonchev–Trinajstić information content (AvgIpc) is 2.50. The molecule has 4 nitrogen and oxygen atoms in total. The first kappa shape index (κ1) is 16.0. The van der Waals surface area contributed by atoms with E-state index in [1.165, 1.54) is 0 Å². The Morgan fingerprint density at radius 3 is 2.55 bits per heavy atom. The Kier molecular flexibility index (Phi) is 5.49. The van der Waals surface area contributed by atoms with Crippen LogP contribution in [0, 0.1) is 6.92 Å². The highest BCUT2D eigenvalue weighted by Crippen LogP contribution is 2.22. The van der Waals surface area contributed by atoms with Crippen molar-refractivity contribution < 1.29 is 9.53 Å². The van der Waals surface area contributed by atoms with E-state index in [9.17, 15) is 4.79 Å². The number of carbonyl (C=O) groups is 1. The molecule has 2 N–H and O–H groups in total. The summed E-state index contributed by atoms with van der Waals surface area (Å²) in [5.74, 6) is 0.514. The number of thiocarbonyl (C=S) groups is 1. The van der Waals surface area contributed by atoms with E-state index in [2.05, 4.69) is 10.6 Å². The molecule has 2 rings (SSSR count). The quantitative estimate of drug-likeness (QED) is 0.852. The smallest absolute Gasteiger partial charge is 0.230 e. The van der Waals surface area contributed by atoms with E-state index < -0.39 is 0 Å². The number of ether oxygens (including phenoxy) is 1. The van der Waals surface area contributed by atoms with Gasteiger partial charge < -0.3 is 15.4 Å². The molecule has 0 heterocycles. The summed E-state index contributed by atoms with van der Waals surface area (Å²) in [4.78, 5) is 12.0. The van der Waals surface area contributed by atoms with Gasteiger partial charge in [-0.1, -0.05) is 36.4 Å². The van der Waals surface area contributed by atoms with Crippen LogP contribution in [0.1, 0.15) is 11.1 Å². The van der Waals surface area contributed by atoms with Crippen molar-refractivity contribution in [2.45, 2.75) is 13.3 Å². The molecule has 5 heteroatoms. The van der Waals surface area contributed by atoms with Crippen molar-refractivity contribution in [3.63, 3.8) is 0 Å². The molecule has 0 radical (unpaired) electrons. The van der Waals surface area contributed by atoms with E-state index >= 15 is 0 Å². The first-order valence-corrected chi connectivity index (χ1v) is 7.29. The zero-order valence-corrected chi connectivity index (χ0v) is 13.4. The number of rotatable bonds is 4. The normalized spacial score (nSPS) is 9.91. The third-order valence-electron chi connectivity index (χ3n) is 3.22. The van der Waals surface area contributed by atoms with Crippen LogP contribution in [-0.2, 0) is 11.2 Å². The Hall–Kier alpha value is -2.40. The van der Waals surface area contributed by atoms with E-state index in [-0.39, 0.29) is 11.0 Å². The van der Waals surface area contributed by atoms with E-state index in [1.54, 1.807) is 7.11 Å². The third-order valence-corrected chi connectivity index (χ3v) is 3.42. The number of carbonyl (C=O) groups excluding carboxylic acids is 1. The lowest BCUT2D eigenvalue weighted by Crippen LogP contribution is -2.35. The summed E-state index contributed by atoms with van der Waals surface area (Å²) in [5, 5.41) is 5.90. The average molecular weight is 314 g/mol. The van der Waals surface area contributed by atoms with Crippen LogP contribution in [0.25, 0.3) is 0 Å². The molecule has 0 saturated carbocycles. The maximum atomic E-state index is 12.0. The molecule has 0 aliphatic heterocycles. The van der Waals surface area contributed by atoms with Crippen LogP contribution >= 0.6 is 12.2 Å². The van der Waals surface area contributed by atoms with Gasteiger partial charge in [-0.25, -0.2) is 0 Å². The predicted molar refractivity (Wildman–Crippen MR) is 92.2 cm³/mol. The van der Waals surface area contributed by atoms with Crippen molar-refractivity contribution >= 4 is 28.9 Å². The third kappa shape index (κ3) is 4.30. The zero-order valence-electron chi connectivity index (χ0n) is 12.6. The lowest BCUT2D eigenvalue weighted by atomic mass is 10.1. The van der Waals surface area contributed by atoms with Crippen LogP contribution in [0.15, 0.2) is 48.5 Å². The molecule has 0 bridgehead atoms. The number of benzene rings is 2. The highest BCUT2D eigenvalue weighted by atomic mass is 32.1. The number of methoxy groups -OCH3 is 1. The minimum atomic E-state index is -0.151. The first-order valence-electron chi connectivity index (χ1n) is 6.88. The second-order valence-electron chi connectivity index (χ2n) is 4.81. The van der Waals surface area contributed by atoms with Gasteiger partial charge in [-0.05, 0) is 42.4 Å². The first-order chi connectivity index (χ1) is 10.6. The molecule has 0 unspecified atom stereocenters. The standard InChI is InChI=1S/C17H18N2O2S/c1-12-7-3-4-8-13(12)11-16(20)19-17(22)18-14-9-5-6-10-15(14)21-2/h3-10H,11H2,1-2H3,(H2,18,19,20,22). The molecule has 22 heavy (non-hydrogen) atoms. The number of amides is 1. The molecule has 0 fully saturated rings. The molecular formula is C17H18N2O2S. The molecular weight excluding hydrogens is 296 g/mol. The molecule has 0 spiro atoms. The van der Waals surface area contributed by atoms with Crippen molar-refractivity contribution in [3.05, 3.63) is 59.7 Å². The van der Waals surface area contributed by atoms with E-state index in [0.717, 1.165) is 11.1 Å². The van der Waals surface area contributed by atoms with E-state index in [1.807, 2.05) is 55.5 Å². The summed E-state index contributed by atoms with van der Waals surface area (Å²) in [7, 11) is 1.58. The maximum absolute atomic E-state index is 12.0. The van der Waals surface area contributed by atoms with Gasteiger partial charge in [0.1, 0.15) is 5.75 Å². The van der Waals surface area contributed by atoms with Gasteiger partial charge in [0.15, 0.2) is 5.11 Å². The van der Waals surface area contributed by atoms with Gasteiger partial charge in [0.05, 0.1) is 19.2 Å². The minimum Gasteiger partial charge on any atom is -0.495 e. The molecule has 0 atom stereocenters. The number of anilines is 1. The van der Waals surface area contributed by atoms with E-state index in [0.29, 0.717) is 17.9 Å². The van der Waals surface area contributed by atoms with Crippen molar-refractivity contribution in [1.82, 2.24) is 5.32 Å². The van der Waals surface area contributed by atoms with Crippen LogP contribution in [0.2, 0.25) is 0 Å². The zero-order chi connectivity index (χ0) is 15.9.